The minimum atomic E-state index is -3.67. The number of benzene rings is 1. The van der Waals surface area contributed by atoms with Crippen molar-refractivity contribution in [1.29, 1.82) is 0 Å². The van der Waals surface area contributed by atoms with Crippen molar-refractivity contribution in [2.45, 2.75) is 11.4 Å². The van der Waals surface area contributed by atoms with E-state index in [4.69, 9.17) is 0 Å². The Morgan fingerprint density at radius 3 is 2.70 bits per heavy atom. The lowest BCUT2D eigenvalue weighted by molar-refractivity contribution is 0.579. The standard InChI is InChI=1S/C13H13FN6O2S/c1-20-8-11(6-15-20)23(21,22)16-7-12-17-13(19-18-12)9-2-4-10(14)5-3-9/h2-6,8,16H,7H2,1H3,(H,17,18,19). The first kappa shape index (κ1) is 15.3. The average Bonchev–Trinajstić information content (AvgIpc) is 3.15. The van der Waals surface area contributed by atoms with Crippen LogP contribution in [0.2, 0.25) is 0 Å². The fourth-order valence-corrected chi connectivity index (χ4v) is 2.86. The van der Waals surface area contributed by atoms with Gasteiger partial charge in [-0.15, -0.1) is 0 Å². The van der Waals surface area contributed by atoms with Crippen LogP contribution in [-0.4, -0.2) is 33.4 Å². The summed E-state index contributed by atoms with van der Waals surface area (Å²) in [7, 11) is -2.04. The Labute approximate surface area is 131 Å². The van der Waals surface area contributed by atoms with Crippen LogP contribution in [0.3, 0.4) is 0 Å². The van der Waals surface area contributed by atoms with Gasteiger partial charge in [-0.05, 0) is 24.3 Å². The first-order valence-electron chi connectivity index (χ1n) is 6.59. The van der Waals surface area contributed by atoms with Crippen LogP contribution < -0.4 is 4.72 Å². The zero-order valence-corrected chi connectivity index (χ0v) is 12.9. The second-order valence-electron chi connectivity index (χ2n) is 4.79. The van der Waals surface area contributed by atoms with E-state index in [2.05, 4.69) is 25.0 Å². The maximum Gasteiger partial charge on any atom is 0.244 e. The van der Waals surface area contributed by atoms with Crippen LogP contribution in [0.1, 0.15) is 5.82 Å². The number of aromatic nitrogens is 5. The van der Waals surface area contributed by atoms with Gasteiger partial charge < -0.3 is 0 Å². The Balaban J connectivity index is 1.71. The largest absolute Gasteiger partial charge is 0.274 e. The predicted octanol–water partition coefficient (Wildman–Crippen LogP) is 0.823. The van der Waals surface area contributed by atoms with Crippen molar-refractivity contribution in [3.63, 3.8) is 0 Å². The molecular formula is C13H13FN6O2S. The highest BCUT2D eigenvalue weighted by molar-refractivity contribution is 7.89. The summed E-state index contributed by atoms with van der Waals surface area (Å²) in [5.74, 6) is 0.353. The summed E-state index contributed by atoms with van der Waals surface area (Å²) in [6, 6.07) is 5.69. The molecule has 0 aliphatic carbocycles. The molecule has 3 aromatic rings. The fourth-order valence-electron chi connectivity index (χ4n) is 1.89. The number of sulfonamides is 1. The van der Waals surface area contributed by atoms with Crippen molar-refractivity contribution >= 4 is 10.0 Å². The maximum absolute atomic E-state index is 12.9. The molecule has 0 saturated carbocycles. The molecule has 0 spiro atoms. The zero-order chi connectivity index (χ0) is 16.4. The van der Waals surface area contributed by atoms with E-state index in [-0.39, 0.29) is 17.3 Å². The van der Waals surface area contributed by atoms with Crippen LogP contribution >= 0.6 is 0 Å². The van der Waals surface area contributed by atoms with E-state index in [0.29, 0.717) is 17.2 Å². The minimum Gasteiger partial charge on any atom is -0.274 e. The minimum absolute atomic E-state index is 0.0502. The van der Waals surface area contributed by atoms with Crippen molar-refractivity contribution in [2.24, 2.45) is 7.05 Å². The number of hydrogen-bond acceptors (Lipinski definition) is 5. The van der Waals surface area contributed by atoms with Gasteiger partial charge in [-0.1, -0.05) is 0 Å². The molecule has 0 unspecified atom stereocenters. The summed E-state index contributed by atoms with van der Waals surface area (Å²) in [6.45, 7) is -0.0502. The van der Waals surface area contributed by atoms with E-state index in [1.807, 2.05) is 0 Å². The van der Waals surface area contributed by atoms with Crippen LogP contribution in [0.25, 0.3) is 11.4 Å². The molecule has 2 heterocycles. The summed E-state index contributed by atoms with van der Waals surface area (Å²) < 4.78 is 40.8. The molecule has 0 aliphatic rings. The van der Waals surface area contributed by atoms with Gasteiger partial charge in [0.2, 0.25) is 10.0 Å². The third-order valence-electron chi connectivity index (χ3n) is 3.06. The number of hydrogen-bond donors (Lipinski definition) is 2. The van der Waals surface area contributed by atoms with Crippen LogP contribution in [0, 0.1) is 5.82 Å². The maximum atomic E-state index is 12.9. The molecule has 0 radical (unpaired) electrons. The van der Waals surface area contributed by atoms with Gasteiger partial charge in [-0.3, -0.25) is 9.78 Å². The second kappa shape index (κ2) is 5.89. The molecule has 0 saturated heterocycles. The molecule has 23 heavy (non-hydrogen) atoms. The highest BCUT2D eigenvalue weighted by atomic mass is 32.2. The molecule has 120 valence electrons. The van der Waals surface area contributed by atoms with Crippen LogP contribution in [0.5, 0.6) is 0 Å². The number of aryl methyl sites for hydroxylation is 1. The smallest absolute Gasteiger partial charge is 0.244 e. The second-order valence-corrected chi connectivity index (χ2v) is 6.55. The van der Waals surface area contributed by atoms with Gasteiger partial charge in [-0.2, -0.15) is 10.2 Å². The summed E-state index contributed by atoms with van der Waals surface area (Å²) in [6.07, 6.45) is 2.65. The quantitative estimate of drug-likeness (QED) is 0.718. The number of nitrogens with zero attached hydrogens (tertiary/aromatic N) is 4. The fraction of sp³-hybridized carbons (Fsp3) is 0.154. The monoisotopic (exact) mass is 336 g/mol. The van der Waals surface area contributed by atoms with Crippen molar-refractivity contribution < 1.29 is 12.8 Å². The van der Waals surface area contributed by atoms with Crippen LogP contribution in [0.15, 0.2) is 41.6 Å². The molecule has 0 atom stereocenters. The number of aromatic amines is 1. The first-order valence-corrected chi connectivity index (χ1v) is 8.08. The van der Waals surface area contributed by atoms with Crippen LogP contribution in [0.4, 0.5) is 4.39 Å². The van der Waals surface area contributed by atoms with Gasteiger partial charge in [0.25, 0.3) is 0 Å². The lowest BCUT2D eigenvalue weighted by atomic mass is 10.2. The third-order valence-corrected chi connectivity index (χ3v) is 4.41. The zero-order valence-electron chi connectivity index (χ0n) is 12.1. The Morgan fingerprint density at radius 1 is 1.30 bits per heavy atom. The van der Waals surface area contributed by atoms with Crippen molar-refractivity contribution in [3.8, 4) is 11.4 Å². The van der Waals surface area contributed by atoms with E-state index in [0.717, 1.165) is 0 Å². The lowest BCUT2D eigenvalue weighted by Crippen LogP contribution is -2.23. The Kier molecular flexibility index (Phi) is 3.92. The SMILES string of the molecule is Cn1cc(S(=O)(=O)NCc2nc(-c3ccc(F)cc3)n[nH]2)cn1. The predicted molar refractivity (Wildman–Crippen MR) is 79.0 cm³/mol. The molecule has 3 rings (SSSR count). The number of H-pyrrole nitrogens is 1. The number of halogens is 1. The normalized spacial score (nSPS) is 11.7. The van der Waals surface area contributed by atoms with Gasteiger partial charge in [0.05, 0.1) is 12.7 Å². The highest BCUT2D eigenvalue weighted by Gasteiger charge is 2.16. The Hall–Kier alpha value is -2.59. The molecule has 0 bridgehead atoms. The Morgan fingerprint density at radius 2 is 2.04 bits per heavy atom. The topological polar surface area (TPSA) is 106 Å². The number of nitrogens with one attached hydrogen (secondary N) is 2. The molecule has 10 heteroatoms. The molecule has 8 nitrogen and oxygen atoms in total. The van der Waals surface area contributed by atoms with Gasteiger partial charge in [0.1, 0.15) is 16.5 Å². The van der Waals surface area contributed by atoms with Crippen molar-refractivity contribution in [1.82, 2.24) is 29.7 Å². The van der Waals surface area contributed by atoms with E-state index >= 15 is 0 Å². The van der Waals surface area contributed by atoms with Crippen molar-refractivity contribution in [2.75, 3.05) is 0 Å². The average molecular weight is 336 g/mol. The molecule has 2 aromatic heterocycles. The summed E-state index contributed by atoms with van der Waals surface area (Å²) in [5.41, 5.74) is 0.629. The molecule has 0 fully saturated rings. The van der Waals surface area contributed by atoms with E-state index < -0.39 is 10.0 Å². The van der Waals surface area contributed by atoms with E-state index in [9.17, 15) is 12.8 Å². The summed E-state index contributed by atoms with van der Waals surface area (Å²) >= 11 is 0. The van der Waals surface area contributed by atoms with Gasteiger partial charge in [0, 0.05) is 18.8 Å². The van der Waals surface area contributed by atoms with Gasteiger partial charge in [-0.25, -0.2) is 22.5 Å². The molecule has 1 aromatic carbocycles. The first-order chi connectivity index (χ1) is 10.9. The summed E-state index contributed by atoms with van der Waals surface area (Å²) in [5, 5.41) is 10.4. The lowest BCUT2D eigenvalue weighted by Gasteiger charge is -2.01. The van der Waals surface area contributed by atoms with Gasteiger partial charge >= 0.3 is 0 Å². The number of rotatable bonds is 5. The molecule has 0 aliphatic heterocycles. The summed E-state index contributed by atoms with van der Waals surface area (Å²) in [4.78, 5) is 4.24. The molecular weight excluding hydrogens is 323 g/mol. The molecule has 0 amide bonds. The van der Waals surface area contributed by atoms with Crippen molar-refractivity contribution in [3.05, 3.63) is 48.3 Å². The Bertz CT molecular complexity index is 916. The highest BCUT2D eigenvalue weighted by Crippen LogP contribution is 2.15. The molecule has 2 N–H and O–H groups in total. The third kappa shape index (κ3) is 3.43. The van der Waals surface area contributed by atoms with E-state index in [1.165, 1.54) is 29.2 Å². The van der Waals surface area contributed by atoms with Crippen LogP contribution in [-0.2, 0) is 23.6 Å². The van der Waals surface area contributed by atoms with E-state index in [1.54, 1.807) is 19.2 Å². The van der Waals surface area contributed by atoms with Gasteiger partial charge in [0.15, 0.2) is 5.82 Å².